The molecule has 0 aliphatic heterocycles. The Morgan fingerprint density at radius 2 is 1.86 bits per heavy atom. The normalized spacial score (nSPS) is 25.7. The number of alkyl carbamates (subject to hydrolysis) is 1. The van der Waals surface area contributed by atoms with Crippen LogP contribution in [0.1, 0.15) is 39.5 Å². The summed E-state index contributed by atoms with van der Waals surface area (Å²) in [4.78, 5) is 23.2. The van der Waals surface area contributed by atoms with Gasteiger partial charge < -0.3 is 15.2 Å². The molecule has 0 saturated heterocycles. The predicted octanol–water partition coefficient (Wildman–Crippen LogP) is 1.11. The molecular weight excluding hydrogens is 314 g/mol. The third kappa shape index (κ3) is 5.80. The summed E-state index contributed by atoms with van der Waals surface area (Å²) in [5.41, 5.74) is -1.44. The highest BCUT2D eigenvalue weighted by Gasteiger charge is 2.44. The second-order valence-corrected chi connectivity index (χ2v) is 7.60. The minimum absolute atomic E-state index is 0.0826. The van der Waals surface area contributed by atoms with Crippen molar-refractivity contribution in [1.82, 2.24) is 5.32 Å². The van der Waals surface area contributed by atoms with Gasteiger partial charge in [0.2, 0.25) is 0 Å². The first-order valence-electron chi connectivity index (χ1n) is 7.11. The number of nitrogens with one attached hydrogen (secondary N) is 1. The zero-order valence-corrected chi connectivity index (χ0v) is 13.8. The van der Waals surface area contributed by atoms with Gasteiger partial charge in [-0.25, -0.2) is 9.59 Å². The van der Waals surface area contributed by atoms with Crippen LogP contribution in [-0.4, -0.2) is 50.1 Å². The van der Waals surface area contributed by atoms with Crippen LogP contribution in [0.3, 0.4) is 0 Å². The molecule has 0 atom stereocenters. The molecule has 1 amide bonds. The molecule has 8 nitrogen and oxygen atoms in total. The van der Waals surface area contributed by atoms with Gasteiger partial charge in [0, 0.05) is 0 Å². The summed E-state index contributed by atoms with van der Waals surface area (Å²) >= 11 is 0. The molecule has 22 heavy (non-hydrogen) atoms. The van der Waals surface area contributed by atoms with Crippen LogP contribution in [0.15, 0.2) is 0 Å². The first-order valence-corrected chi connectivity index (χ1v) is 8.92. The number of carboxylic acids is 1. The number of carboxylic acid groups (broad SMARTS) is 1. The van der Waals surface area contributed by atoms with E-state index < -0.39 is 33.8 Å². The van der Waals surface area contributed by atoms with Crippen LogP contribution in [0.5, 0.6) is 0 Å². The fraction of sp³-hybridized carbons (Fsp3) is 0.846. The van der Waals surface area contributed by atoms with Crippen molar-refractivity contribution in [3.05, 3.63) is 0 Å². The van der Waals surface area contributed by atoms with Crippen LogP contribution in [-0.2, 0) is 23.8 Å². The Labute approximate surface area is 130 Å². The van der Waals surface area contributed by atoms with E-state index in [9.17, 15) is 23.1 Å². The highest BCUT2D eigenvalue weighted by Crippen LogP contribution is 2.31. The lowest BCUT2D eigenvalue weighted by Crippen LogP contribution is -2.57. The molecule has 0 aromatic carbocycles. The fourth-order valence-corrected chi connectivity index (χ4v) is 2.98. The van der Waals surface area contributed by atoms with E-state index in [4.69, 9.17) is 8.92 Å². The number of rotatable bonds is 6. The minimum atomic E-state index is -3.58. The van der Waals surface area contributed by atoms with E-state index in [2.05, 4.69) is 5.32 Å². The summed E-state index contributed by atoms with van der Waals surface area (Å²) in [6, 6.07) is 0. The minimum Gasteiger partial charge on any atom is -0.480 e. The molecule has 0 spiro atoms. The van der Waals surface area contributed by atoms with Gasteiger partial charge in [0.05, 0.1) is 19.0 Å². The molecule has 0 radical (unpaired) electrons. The smallest absolute Gasteiger partial charge is 0.408 e. The number of amides is 1. The average Bonchev–Trinajstić information content (AvgIpc) is 2.37. The monoisotopic (exact) mass is 337 g/mol. The van der Waals surface area contributed by atoms with Crippen LogP contribution in [0, 0.1) is 5.92 Å². The zero-order chi connectivity index (χ0) is 17.0. The van der Waals surface area contributed by atoms with E-state index in [-0.39, 0.29) is 38.2 Å². The second kappa shape index (κ2) is 7.28. The Bertz CT molecular complexity index is 506. The largest absolute Gasteiger partial charge is 0.480 e. The standard InChI is InChI=1S/C13H23NO7S/c1-9(2)8-20-12(17)14-13(11(15)16)6-4-10(5-7-13)21-22(3,18)19/h9-10H,4-8H2,1-3H3,(H,14,17)(H,15,16). The van der Waals surface area contributed by atoms with Crippen molar-refractivity contribution in [1.29, 1.82) is 0 Å². The van der Waals surface area contributed by atoms with Crippen molar-refractivity contribution >= 4 is 22.2 Å². The maximum absolute atomic E-state index is 11.7. The van der Waals surface area contributed by atoms with E-state index in [1.807, 2.05) is 13.8 Å². The maximum Gasteiger partial charge on any atom is 0.408 e. The number of carbonyl (C=O) groups is 2. The zero-order valence-electron chi connectivity index (χ0n) is 13.0. The van der Waals surface area contributed by atoms with Gasteiger partial charge in [0.1, 0.15) is 5.54 Å². The molecule has 0 aromatic heterocycles. The van der Waals surface area contributed by atoms with Crippen molar-refractivity contribution < 1.29 is 32.0 Å². The summed E-state index contributed by atoms with van der Waals surface area (Å²) in [5, 5.41) is 11.8. The van der Waals surface area contributed by atoms with Gasteiger partial charge in [-0.1, -0.05) is 13.8 Å². The van der Waals surface area contributed by atoms with E-state index >= 15 is 0 Å². The van der Waals surface area contributed by atoms with Crippen molar-refractivity contribution in [2.45, 2.75) is 51.2 Å². The van der Waals surface area contributed by atoms with Crippen molar-refractivity contribution in [2.75, 3.05) is 12.9 Å². The second-order valence-electron chi connectivity index (χ2n) is 6.00. The Balaban J connectivity index is 2.64. The van der Waals surface area contributed by atoms with E-state index in [1.165, 1.54) is 0 Å². The number of aliphatic carboxylic acids is 1. The molecule has 1 rings (SSSR count). The SMILES string of the molecule is CC(C)COC(=O)NC1(C(=O)O)CCC(OS(C)(=O)=O)CC1. The number of hydrogen-bond donors (Lipinski definition) is 2. The average molecular weight is 337 g/mol. The molecule has 0 unspecified atom stereocenters. The van der Waals surface area contributed by atoms with Crippen LogP contribution in [0.2, 0.25) is 0 Å². The van der Waals surface area contributed by atoms with Gasteiger partial charge in [0.15, 0.2) is 0 Å². The molecule has 1 aliphatic rings. The summed E-state index contributed by atoms with van der Waals surface area (Å²) in [6.45, 7) is 3.93. The summed E-state index contributed by atoms with van der Waals surface area (Å²) in [6.07, 6.45) is 0.231. The Hall–Kier alpha value is -1.35. The van der Waals surface area contributed by atoms with Gasteiger partial charge in [0.25, 0.3) is 10.1 Å². The molecule has 1 aliphatic carbocycles. The highest BCUT2D eigenvalue weighted by molar-refractivity contribution is 7.86. The summed E-state index contributed by atoms with van der Waals surface area (Å²) < 4.78 is 32.0. The Kier molecular flexibility index (Phi) is 6.18. The topological polar surface area (TPSA) is 119 Å². The molecule has 128 valence electrons. The van der Waals surface area contributed by atoms with Gasteiger partial charge in [-0.15, -0.1) is 0 Å². The van der Waals surface area contributed by atoms with Gasteiger partial charge >= 0.3 is 12.1 Å². The fourth-order valence-electron chi connectivity index (χ4n) is 2.29. The van der Waals surface area contributed by atoms with Gasteiger partial charge in [-0.05, 0) is 31.6 Å². The first kappa shape index (κ1) is 18.7. The predicted molar refractivity (Wildman–Crippen MR) is 77.9 cm³/mol. The summed E-state index contributed by atoms with van der Waals surface area (Å²) in [5.74, 6) is -1.02. The van der Waals surface area contributed by atoms with Crippen molar-refractivity contribution in [3.8, 4) is 0 Å². The van der Waals surface area contributed by atoms with Crippen LogP contribution in [0.4, 0.5) is 4.79 Å². The van der Waals surface area contributed by atoms with Gasteiger partial charge in [-0.2, -0.15) is 8.42 Å². The quantitative estimate of drug-likeness (QED) is 0.697. The maximum atomic E-state index is 11.7. The van der Waals surface area contributed by atoms with Gasteiger partial charge in [-0.3, -0.25) is 4.18 Å². The summed E-state index contributed by atoms with van der Waals surface area (Å²) in [7, 11) is -3.58. The first-order chi connectivity index (χ1) is 10.0. The van der Waals surface area contributed by atoms with E-state index in [0.29, 0.717) is 0 Å². The Morgan fingerprint density at radius 1 is 1.32 bits per heavy atom. The lowest BCUT2D eigenvalue weighted by atomic mass is 9.80. The number of hydrogen-bond acceptors (Lipinski definition) is 6. The molecule has 0 bridgehead atoms. The molecule has 1 saturated carbocycles. The van der Waals surface area contributed by atoms with Crippen molar-refractivity contribution in [2.24, 2.45) is 5.92 Å². The molecular formula is C13H23NO7S. The number of carbonyl (C=O) groups excluding carboxylic acids is 1. The lowest BCUT2D eigenvalue weighted by Gasteiger charge is -2.36. The molecule has 0 heterocycles. The van der Waals surface area contributed by atoms with Crippen LogP contribution >= 0.6 is 0 Å². The van der Waals surface area contributed by atoms with Crippen LogP contribution in [0.25, 0.3) is 0 Å². The van der Waals surface area contributed by atoms with Crippen molar-refractivity contribution in [3.63, 3.8) is 0 Å². The Morgan fingerprint density at radius 3 is 2.27 bits per heavy atom. The third-order valence-corrected chi connectivity index (χ3v) is 4.02. The molecule has 1 fully saturated rings. The molecule has 0 aromatic rings. The highest BCUT2D eigenvalue weighted by atomic mass is 32.2. The van der Waals surface area contributed by atoms with E-state index in [1.54, 1.807) is 0 Å². The number of ether oxygens (including phenoxy) is 1. The molecule has 2 N–H and O–H groups in total. The van der Waals surface area contributed by atoms with E-state index in [0.717, 1.165) is 6.26 Å². The third-order valence-electron chi connectivity index (χ3n) is 3.40. The lowest BCUT2D eigenvalue weighted by molar-refractivity contribution is -0.146. The molecule has 9 heteroatoms. The van der Waals surface area contributed by atoms with Crippen LogP contribution < -0.4 is 5.32 Å².